The lowest BCUT2D eigenvalue weighted by Gasteiger charge is -2.06. The van der Waals surface area contributed by atoms with Crippen molar-refractivity contribution in [3.8, 4) is 0 Å². The molecule has 0 rings (SSSR count). The van der Waals surface area contributed by atoms with Crippen molar-refractivity contribution < 1.29 is 29.7 Å². The lowest BCUT2D eigenvalue weighted by molar-refractivity contribution is -0.141. The van der Waals surface area contributed by atoms with Crippen LogP contribution in [-0.4, -0.2) is 51.4 Å². The predicted octanol–water partition coefficient (Wildman–Crippen LogP) is -2.56. The maximum Gasteiger partial charge on any atom is 0.323 e. The van der Waals surface area contributed by atoms with Crippen LogP contribution in [0.3, 0.4) is 0 Å². The fourth-order valence-corrected chi connectivity index (χ4v) is 0.628. The Kier molecular flexibility index (Phi) is 9.67. The van der Waals surface area contributed by atoms with Crippen LogP contribution in [0.1, 0.15) is 19.8 Å². The molecule has 0 saturated heterocycles. The number of hydrogen-bond donors (Lipinski definition) is 6. The molecule has 0 aliphatic heterocycles. The fraction of sp³-hybridized carbons (Fsp3) is 0.667. The van der Waals surface area contributed by atoms with E-state index in [4.69, 9.17) is 32.5 Å². The molecule has 3 atom stereocenters. The summed E-state index contributed by atoms with van der Waals surface area (Å²) < 4.78 is 0. The number of aliphatic carboxylic acids is 2. The first-order valence-electron chi connectivity index (χ1n) is 5.02. The molecule has 1 amide bonds. The Morgan fingerprint density at radius 1 is 1.11 bits per heavy atom. The maximum absolute atomic E-state index is 10.1. The van der Waals surface area contributed by atoms with Crippen molar-refractivity contribution in [3.05, 3.63) is 0 Å². The van der Waals surface area contributed by atoms with Crippen LogP contribution in [-0.2, 0) is 14.4 Å². The van der Waals surface area contributed by atoms with Gasteiger partial charge in [-0.3, -0.25) is 14.4 Å². The highest BCUT2D eigenvalue weighted by molar-refractivity contribution is 5.77. The van der Waals surface area contributed by atoms with Crippen molar-refractivity contribution in [2.75, 3.05) is 0 Å². The average Bonchev–Trinajstić information content (AvgIpc) is 2.24. The topological polar surface area (TPSA) is 190 Å². The number of carbonyl (C=O) groups excluding carboxylic acids is 1. The molecule has 0 saturated carbocycles. The number of aliphatic hydroxyl groups is 1. The minimum Gasteiger partial charge on any atom is -0.480 e. The maximum atomic E-state index is 10.1. The fourth-order valence-electron chi connectivity index (χ4n) is 0.628. The van der Waals surface area contributed by atoms with Gasteiger partial charge in [0.25, 0.3) is 0 Å². The molecule has 9 heteroatoms. The number of primary amides is 1. The Balaban J connectivity index is 0. The zero-order valence-corrected chi connectivity index (χ0v) is 9.94. The predicted molar refractivity (Wildman–Crippen MR) is 61.3 cm³/mol. The molecule has 9 nitrogen and oxygen atoms in total. The van der Waals surface area contributed by atoms with Crippen LogP contribution in [0.5, 0.6) is 0 Å². The highest BCUT2D eigenvalue weighted by Crippen LogP contribution is 1.92. The number of carboxylic acid groups (broad SMARTS) is 2. The quantitative estimate of drug-likeness (QED) is 0.302. The molecule has 0 aliphatic carbocycles. The second-order valence-corrected chi connectivity index (χ2v) is 3.55. The first kappa shape index (κ1) is 18.6. The first-order valence-corrected chi connectivity index (χ1v) is 5.02. The number of aliphatic hydroxyl groups excluding tert-OH is 1. The third-order valence-corrected chi connectivity index (χ3v) is 1.82. The summed E-state index contributed by atoms with van der Waals surface area (Å²) in [5.74, 6) is -2.82. The van der Waals surface area contributed by atoms with Gasteiger partial charge in [0.15, 0.2) is 0 Å². The van der Waals surface area contributed by atoms with E-state index in [9.17, 15) is 14.4 Å². The standard InChI is InChI=1S/C5H10N2O3.C4H9NO3/c6-3(5(9)10)1-2-4(7)8;1-2(6)3(5)4(7)8/h3H,1-2,6H2,(H2,7,8)(H,9,10);2-3,6H,5H2,1H3,(H,7,8)/t;2?,3-/m.0/s1. The van der Waals surface area contributed by atoms with Crippen molar-refractivity contribution in [2.45, 2.75) is 38.0 Å². The second-order valence-electron chi connectivity index (χ2n) is 3.55. The SMILES string of the molecule is CC(O)[C@H](N)C(=O)O.NC(=O)CCC(N)C(=O)O. The molecule has 0 aromatic carbocycles. The van der Waals surface area contributed by atoms with Crippen LogP contribution in [0.2, 0.25) is 0 Å². The van der Waals surface area contributed by atoms with Crippen molar-refractivity contribution in [2.24, 2.45) is 17.2 Å². The zero-order chi connectivity index (χ0) is 14.9. The first-order chi connectivity index (χ1) is 8.09. The number of hydrogen-bond acceptors (Lipinski definition) is 6. The van der Waals surface area contributed by atoms with Crippen LogP contribution >= 0.6 is 0 Å². The molecule has 2 unspecified atom stereocenters. The molecule has 0 aliphatic rings. The van der Waals surface area contributed by atoms with E-state index in [1.807, 2.05) is 0 Å². The smallest absolute Gasteiger partial charge is 0.323 e. The molecule has 106 valence electrons. The van der Waals surface area contributed by atoms with Crippen molar-refractivity contribution >= 4 is 17.8 Å². The summed E-state index contributed by atoms with van der Waals surface area (Å²) in [6, 6.07) is -2.14. The van der Waals surface area contributed by atoms with E-state index in [1.165, 1.54) is 6.92 Å². The third-order valence-electron chi connectivity index (χ3n) is 1.82. The molecule has 0 fully saturated rings. The molecule has 0 aromatic heterocycles. The third kappa shape index (κ3) is 10.8. The van der Waals surface area contributed by atoms with Crippen molar-refractivity contribution in [1.82, 2.24) is 0 Å². The van der Waals surface area contributed by atoms with Gasteiger partial charge in [-0.05, 0) is 13.3 Å². The minimum absolute atomic E-state index is 0.0213. The molecule has 18 heavy (non-hydrogen) atoms. The summed E-state index contributed by atoms with van der Waals surface area (Å²) in [5, 5.41) is 24.8. The largest absolute Gasteiger partial charge is 0.480 e. The molecule has 0 spiro atoms. The van der Waals surface area contributed by atoms with Gasteiger partial charge in [-0.1, -0.05) is 0 Å². The highest BCUT2D eigenvalue weighted by Gasteiger charge is 2.16. The summed E-state index contributed by atoms with van der Waals surface area (Å²) in [7, 11) is 0. The average molecular weight is 265 g/mol. The van der Waals surface area contributed by atoms with Crippen LogP contribution in [0, 0.1) is 0 Å². The van der Waals surface area contributed by atoms with E-state index in [1.54, 1.807) is 0 Å². The molecular formula is C9H19N3O6. The number of nitrogens with two attached hydrogens (primary N) is 3. The number of carboxylic acids is 2. The summed E-state index contributed by atoms with van der Waals surface area (Å²) in [6.07, 6.45) is -0.856. The summed E-state index contributed by atoms with van der Waals surface area (Å²) in [6.45, 7) is 1.33. The Labute approximate surface area is 104 Å². The van der Waals surface area contributed by atoms with Gasteiger partial charge >= 0.3 is 11.9 Å². The molecule has 0 heterocycles. The minimum atomic E-state index is -1.18. The van der Waals surface area contributed by atoms with E-state index in [2.05, 4.69) is 0 Å². The lowest BCUT2D eigenvalue weighted by Crippen LogP contribution is -2.39. The van der Waals surface area contributed by atoms with Gasteiger partial charge in [0, 0.05) is 6.42 Å². The second kappa shape index (κ2) is 9.33. The van der Waals surface area contributed by atoms with E-state index < -0.39 is 36.0 Å². The molecule has 9 N–H and O–H groups in total. The van der Waals surface area contributed by atoms with Gasteiger partial charge in [0.05, 0.1) is 6.10 Å². The van der Waals surface area contributed by atoms with Crippen molar-refractivity contribution in [3.63, 3.8) is 0 Å². The van der Waals surface area contributed by atoms with Crippen molar-refractivity contribution in [1.29, 1.82) is 0 Å². The Morgan fingerprint density at radius 3 is 1.72 bits per heavy atom. The Hall–Kier alpha value is -1.71. The number of carbonyl (C=O) groups is 3. The van der Waals surface area contributed by atoms with E-state index in [0.717, 1.165) is 0 Å². The van der Waals surface area contributed by atoms with Crippen LogP contribution in [0.25, 0.3) is 0 Å². The summed E-state index contributed by atoms with van der Waals surface area (Å²) in [5.41, 5.74) is 14.7. The summed E-state index contributed by atoms with van der Waals surface area (Å²) >= 11 is 0. The van der Waals surface area contributed by atoms with Crippen LogP contribution < -0.4 is 17.2 Å². The molecule has 0 bridgehead atoms. The van der Waals surface area contributed by atoms with Gasteiger partial charge in [0.1, 0.15) is 12.1 Å². The van der Waals surface area contributed by atoms with Gasteiger partial charge < -0.3 is 32.5 Å². The lowest BCUT2D eigenvalue weighted by atomic mass is 10.2. The van der Waals surface area contributed by atoms with E-state index in [-0.39, 0.29) is 12.8 Å². The Morgan fingerprint density at radius 2 is 1.56 bits per heavy atom. The van der Waals surface area contributed by atoms with Gasteiger partial charge in [0.2, 0.25) is 5.91 Å². The monoisotopic (exact) mass is 265 g/mol. The number of rotatable bonds is 6. The Bertz CT molecular complexity index is 294. The van der Waals surface area contributed by atoms with E-state index in [0.29, 0.717) is 0 Å². The molecule has 0 aromatic rings. The molecule has 0 radical (unpaired) electrons. The highest BCUT2D eigenvalue weighted by atomic mass is 16.4. The van der Waals surface area contributed by atoms with Gasteiger partial charge in [-0.15, -0.1) is 0 Å². The summed E-state index contributed by atoms with van der Waals surface area (Å²) in [4.78, 5) is 30.0. The normalized spacial score (nSPS) is 14.7. The van der Waals surface area contributed by atoms with E-state index >= 15 is 0 Å². The number of amides is 1. The van der Waals surface area contributed by atoms with Crippen LogP contribution in [0.15, 0.2) is 0 Å². The zero-order valence-electron chi connectivity index (χ0n) is 9.94. The van der Waals surface area contributed by atoms with Gasteiger partial charge in [-0.25, -0.2) is 0 Å². The van der Waals surface area contributed by atoms with Crippen LogP contribution in [0.4, 0.5) is 0 Å². The molecular weight excluding hydrogens is 246 g/mol. The van der Waals surface area contributed by atoms with Gasteiger partial charge in [-0.2, -0.15) is 0 Å².